The number of carbonyl (C=O) groups excluding carboxylic acids is 1. The van der Waals surface area contributed by atoms with Gasteiger partial charge in [0.05, 0.1) is 0 Å². The van der Waals surface area contributed by atoms with Crippen LogP contribution < -0.4 is 5.32 Å². The molecule has 0 radical (unpaired) electrons. The molecule has 2 saturated carbocycles. The zero-order valence-electron chi connectivity index (χ0n) is 14.1. The van der Waals surface area contributed by atoms with E-state index in [0.29, 0.717) is 12.0 Å². The highest BCUT2D eigenvalue weighted by atomic mass is 16.2. The quantitative estimate of drug-likeness (QED) is 0.867. The molecular weight excluding hydrogens is 270 g/mol. The van der Waals surface area contributed by atoms with Crippen LogP contribution in [0.15, 0.2) is 30.3 Å². The van der Waals surface area contributed by atoms with Crippen molar-refractivity contribution < 1.29 is 4.79 Å². The Morgan fingerprint density at radius 2 is 1.95 bits per heavy atom. The molecule has 2 nitrogen and oxygen atoms in total. The van der Waals surface area contributed by atoms with Crippen molar-refractivity contribution in [1.82, 2.24) is 5.32 Å². The highest BCUT2D eigenvalue weighted by molar-refractivity contribution is 5.82. The van der Waals surface area contributed by atoms with E-state index in [1.54, 1.807) is 0 Å². The van der Waals surface area contributed by atoms with Gasteiger partial charge in [0, 0.05) is 11.5 Å². The number of carbonyl (C=O) groups is 1. The Labute approximate surface area is 134 Å². The predicted octanol–water partition coefficient (Wildman–Crippen LogP) is 4.20. The first kappa shape index (κ1) is 15.6. The summed E-state index contributed by atoms with van der Waals surface area (Å²) in [5.74, 6) is 2.70. The van der Waals surface area contributed by atoms with Gasteiger partial charge in [0.25, 0.3) is 0 Å². The maximum atomic E-state index is 12.7. The first-order chi connectivity index (χ1) is 10.5. The average molecular weight is 299 g/mol. The second-order valence-electron chi connectivity index (χ2n) is 8.15. The molecule has 2 aliphatic rings. The van der Waals surface area contributed by atoms with Crippen molar-refractivity contribution in [3.8, 4) is 0 Å². The lowest BCUT2D eigenvalue weighted by Gasteiger charge is -2.32. The van der Waals surface area contributed by atoms with Crippen LogP contribution in [0.2, 0.25) is 0 Å². The van der Waals surface area contributed by atoms with E-state index in [-0.39, 0.29) is 11.3 Å². The van der Waals surface area contributed by atoms with Crippen LogP contribution in [0.25, 0.3) is 0 Å². The lowest BCUT2D eigenvalue weighted by Crippen LogP contribution is -2.46. The molecule has 1 aromatic carbocycles. The molecule has 1 aromatic rings. The first-order valence-corrected chi connectivity index (χ1v) is 8.80. The molecule has 22 heavy (non-hydrogen) atoms. The highest BCUT2D eigenvalue weighted by Crippen LogP contribution is 2.49. The monoisotopic (exact) mass is 299 g/mol. The van der Waals surface area contributed by atoms with Crippen LogP contribution >= 0.6 is 0 Å². The summed E-state index contributed by atoms with van der Waals surface area (Å²) in [6, 6.07) is 10.6. The minimum atomic E-state index is -0.354. The van der Waals surface area contributed by atoms with Crippen LogP contribution in [0.5, 0.6) is 0 Å². The van der Waals surface area contributed by atoms with E-state index in [1.807, 2.05) is 18.2 Å². The first-order valence-electron chi connectivity index (χ1n) is 8.80. The molecule has 2 fully saturated rings. The third kappa shape index (κ3) is 3.21. The Bertz CT molecular complexity index is 522. The van der Waals surface area contributed by atoms with Gasteiger partial charge in [0.2, 0.25) is 5.91 Å². The Kier molecular flexibility index (Phi) is 4.29. The predicted molar refractivity (Wildman–Crippen MR) is 90.5 cm³/mol. The lowest BCUT2D eigenvalue weighted by molar-refractivity contribution is -0.130. The summed E-state index contributed by atoms with van der Waals surface area (Å²) in [5, 5.41) is 3.33. The Hall–Kier alpha value is -1.31. The van der Waals surface area contributed by atoms with Gasteiger partial charge in [0.1, 0.15) is 0 Å². The molecule has 0 aromatic heterocycles. The second kappa shape index (κ2) is 6.06. The van der Waals surface area contributed by atoms with E-state index in [1.165, 1.54) is 31.2 Å². The summed E-state index contributed by atoms with van der Waals surface area (Å²) in [5.41, 5.74) is 0.878. The van der Waals surface area contributed by atoms with Crippen LogP contribution in [0, 0.1) is 23.2 Å². The third-order valence-corrected chi connectivity index (χ3v) is 5.90. The van der Waals surface area contributed by atoms with Crippen LogP contribution in [0.1, 0.15) is 52.0 Å². The van der Waals surface area contributed by atoms with Crippen LogP contribution in [0.3, 0.4) is 0 Å². The maximum absolute atomic E-state index is 12.7. The lowest BCUT2D eigenvalue weighted by atomic mass is 9.81. The number of amides is 1. The molecule has 0 aliphatic heterocycles. The molecule has 2 aliphatic carbocycles. The molecule has 3 rings (SSSR count). The molecule has 0 spiro atoms. The van der Waals surface area contributed by atoms with Gasteiger partial charge in [-0.05, 0) is 55.9 Å². The van der Waals surface area contributed by atoms with Crippen molar-refractivity contribution in [3.05, 3.63) is 35.9 Å². The van der Waals surface area contributed by atoms with Crippen LogP contribution in [-0.4, -0.2) is 11.9 Å². The fraction of sp³-hybridized carbons (Fsp3) is 0.650. The molecule has 4 unspecified atom stereocenters. The minimum absolute atomic E-state index is 0.201. The van der Waals surface area contributed by atoms with Gasteiger partial charge in [-0.1, -0.05) is 50.6 Å². The van der Waals surface area contributed by atoms with Crippen LogP contribution in [0.4, 0.5) is 0 Å². The van der Waals surface area contributed by atoms with Crippen molar-refractivity contribution in [2.24, 2.45) is 23.2 Å². The molecule has 120 valence electrons. The number of nitrogens with one attached hydrogen (secondary N) is 1. The fourth-order valence-electron chi connectivity index (χ4n) is 4.60. The van der Waals surface area contributed by atoms with Gasteiger partial charge in [-0.2, -0.15) is 0 Å². The molecule has 0 heterocycles. The van der Waals surface area contributed by atoms with E-state index in [9.17, 15) is 4.79 Å². The van der Waals surface area contributed by atoms with Crippen molar-refractivity contribution in [1.29, 1.82) is 0 Å². The van der Waals surface area contributed by atoms with Crippen molar-refractivity contribution >= 4 is 5.91 Å². The Morgan fingerprint density at radius 3 is 2.55 bits per heavy atom. The zero-order chi connectivity index (χ0) is 15.7. The molecular formula is C20H29NO. The molecule has 4 atom stereocenters. The molecule has 2 heteroatoms. The van der Waals surface area contributed by atoms with Crippen LogP contribution in [-0.2, 0) is 11.2 Å². The zero-order valence-corrected chi connectivity index (χ0v) is 14.1. The molecule has 0 saturated heterocycles. The van der Waals surface area contributed by atoms with Crippen molar-refractivity contribution in [3.63, 3.8) is 0 Å². The van der Waals surface area contributed by atoms with Crippen molar-refractivity contribution in [2.45, 2.75) is 58.9 Å². The SMILES string of the molecule is CC(NC(=O)C(C)(C)Cc1ccccc1)C1CC2CCC1C2. The van der Waals surface area contributed by atoms with Gasteiger partial charge >= 0.3 is 0 Å². The van der Waals surface area contributed by atoms with E-state index >= 15 is 0 Å². The van der Waals surface area contributed by atoms with Gasteiger partial charge in [0.15, 0.2) is 0 Å². The van der Waals surface area contributed by atoms with E-state index < -0.39 is 0 Å². The van der Waals surface area contributed by atoms with Gasteiger partial charge in [-0.3, -0.25) is 4.79 Å². The topological polar surface area (TPSA) is 29.1 Å². The number of hydrogen-bond donors (Lipinski definition) is 1. The smallest absolute Gasteiger partial charge is 0.226 e. The molecule has 1 N–H and O–H groups in total. The number of hydrogen-bond acceptors (Lipinski definition) is 1. The normalized spacial score (nSPS) is 28.6. The van der Waals surface area contributed by atoms with E-state index in [2.05, 4.69) is 38.2 Å². The van der Waals surface area contributed by atoms with E-state index in [0.717, 1.165) is 18.3 Å². The number of benzene rings is 1. The highest BCUT2D eigenvalue weighted by Gasteiger charge is 2.42. The Balaban J connectivity index is 1.58. The summed E-state index contributed by atoms with van der Waals surface area (Å²) < 4.78 is 0. The van der Waals surface area contributed by atoms with Gasteiger partial charge in [-0.15, -0.1) is 0 Å². The summed E-state index contributed by atoms with van der Waals surface area (Å²) in [6.45, 7) is 6.33. The van der Waals surface area contributed by atoms with Gasteiger partial charge in [-0.25, -0.2) is 0 Å². The third-order valence-electron chi connectivity index (χ3n) is 5.90. The maximum Gasteiger partial charge on any atom is 0.226 e. The summed E-state index contributed by atoms with van der Waals surface area (Å²) in [6.07, 6.45) is 6.32. The number of rotatable bonds is 5. The fourth-order valence-corrected chi connectivity index (χ4v) is 4.60. The molecule has 1 amide bonds. The van der Waals surface area contributed by atoms with E-state index in [4.69, 9.17) is 0 Å². The Morgan fingerprint density at radius 1 is 1.23 bits per heavy atom. The summed E-state index contributed by atoms with van der Waals surface area (Å²) in [7, 11) is 0. The average Bonchev–Trinajstić information content (AvgIpc) is 3.10. The summed E-state index contributed by atoms with van der Waals surface area (Å²) in [4.78, 5) is 12.7. The van der Waals surface area contributed by atoms with Gasteiger partial charge < -0.3 is 5.32 Å². The minimum Gasteiger partial charge on any atom is -0.353 e. The molecule has 2 bridgehead atoms. The second-order valence-corrected chi connectivity index (χ2v) is 8.15. The van der Waals surface area contributed by atoms with Crippen molar-refractivity contribution in [2.75, 3.05) is 0 Å². The number of fused-ring (bicyclic) bond motifs is 2. The standard InChI is InChI=1S/C20H29NO/c1-14(18-12-16-9-10-17(18)11-16)21-19(22)20(2,3)13-15-7-5-4-6-8-15/h4-8,14,16-18H,9-13H2,1-3H3,(H,21,22). The summed E-state index contributed by atoms with van der Waals surface area (Å²) >= 11 is 0. The largest absolute Gasteiger partial charge is 0.353 e.